The molecule has 0 aliphatic carbocycles. The molecule has 4 heterocycles. The summed E-state index contributed by atoms with van der Waals surface area (Å²) in [5.74, 6) is 0.477. The summed E-state index contributed by atoms with van der Waals surface area (Å²) in [4.78, 5) is 43.5. The third kappa shape index (κ3) is 3.56. The van der Waals surface area contributed by atoms with Crippen molar-refractivity contribution in [2.24, 2.45) is 5.92 Å². The molecule has 2 aliphatic rings. The smallest absolute Gasteiger partial charge is 0.274 e. The Kier molecular flexibility index (Phi) is 5.21. The van der Waals surface area contributed by atoms with E-state index in [-0.39, 0.29) is 29.2 Å². The fourth-order valence-corrected chi connectivity index (χ4v) is 4.53. The van der Waals surface area contributed by atoms with E-state index in [4.69, 9.17) is 0 Å². The predicted octanol–water partition coefficient (Wildman–Crippen LogP) is 1.80. The lowest BCUT2D eigenvalue weighted by Gasteiger charge is -2.42. The molecule has 2 aromatic rings. The SMILES string of the molecule is CSCC(=O)Nc1ccc2n(c1=O)C[C@H]1C[C@@H]2CN(C(=O)c2cccnc2)C1. The number of nitrogens with zero attached hydrogens (tertiary/aromatic N) is 3. The van der Waals surface area contributed by atoms with E-state index in [1.165, 1.54) is 11.8 Å². The second kappa shape index (κ2) is 7.79. The average molecular weight is 398 g/mol. The number of amides is 2. The second-order valence-electron chi connectivity index (χ2n) is 7.32. The Morgan fingerprint density at radius 3 is 2.86 bits per heavy atom. The van der Waals surface area contributed by atoms with Crippen molar-refractivity contribution in [3.63, 3.8) is 0 Å². The molecule has 2 amide bonds. The van der Waals surface area contributed by atoms with Crippen LogP contribution in [0, 0.1) is 5.92 Å². The van der Waals surface area contributed by atoms with E-state index < -0.39 is 0 Å². The number of likely N-dealkylation sites (tertiary alicyclic amines) is 1. The maximum absolute atomic E-state index is 12.9. The molecule has 2 bridgehead atoms. The van der Waals surface area contributed by atoms with Crippen LogP contribution in [0.4, 0.5) is 5.69 Å². The summed E-state index contributed by atoms with van der Waals surface area (Å²) >= 11 is 1.42. The zero-order chi connectivity index (χ0) is 19.7. The number of nitrogens with one attached hydrogen (secondary N) is 1. The first-order valence-corrected chi connectivity index (χ1v) is 10.7. The van der Waals surface area contributed by atoms with Crippen LogP contribution in [0.3, 0.4) is 0 Å². The van der Waals surface area contributed by atoms with Crippen LogP contribution >= 0.6 is 11.8 Å². The van der Waals surface area contributed by atoms with Crippen LogP contribution in [-0.4, -0.2) is 51.4 Å². The van der Waals surface area contributed by atoms with Crippen LogP contribution < -0.4 is 10.9 Å². The number of piperidine rings is 1. The second-order valence-corrected chi connectivity index (χ2v) is 8.19. The molecule has 1 N–H and O–H groups in total. The van der Waals surface area contributed by atoms with Crippen molar-refractivity contribution in [3.8, 4) is 0 Å². The third-order valence-corrected chi connectivity index (χ3v) is 5.90. The van der Waals surface area contributed by atoms with Crippen LogP contribution in [0.1, 0.15) is 28.4 Å². The Morgan fingerprint density at radius 1 is 1.25 bits per heavy atom. The third-order valence-electron chi connectivity index (χ3n) is 5.35. The molecule has 0 radical (unpaired) electrons. The van der Waals surface area contributed by atoms with Gasteiger partial charge < -0.3 is 14.8 Å². The molecule has 2 atom stereocenters. The number of rotatable bonds is 4. The Hall–Kier alpha value is -2.61. The van der Waals surface area contributed by atoms with Crippen molar-refractivity contribution in [1.82, 2.24) is 14.5 Å². The highest BCUT2D eigenvalue weighted by Gasteiger charge is 2.37. The van der Waals surface area contributed by atoms with Crippen LogP contribution in [0.5, 0.6) is 0 Å². The number of carbonyl (C=O) groups excluding carboxylic acids is 2. The van der Waals surface area contributed by atoms with Crippen molar-refractivity contribution in [2.45, 2.75) is 18.9 Å². The Balaban J connectivity index is 1.57. The summed E-state index contributed by atoms with van der Waals surface area (Å²) in [6.07, 6.45) is 6.06. The van der Waals surface area contributed by atoms with Gasteiger partial charge in [-0.25, -0.2) is 0 Å². The van der Waals surface area contributed by atoms with Gasteiger partial charge in [0.05, 0.1) is 11.3 Å². The fraction of sp³-hybridized carbons (Fsp3) is 0.400. The standard InChI is InChI=1S/C20H22N4O3S/c1-28-12-18(25)22-16-4-5-17-15-7-13(10-24(17)20(16)27)9-23(11-15)19(26)14-3-2-6-21-8-14/h2-6,8,13,15H,7,9-12H2,1H3,(H,22,25)/t13-,15+/m0/s1. The van der Waals surface area contributed by atoms with Gasteiger partial charge in [0.2, 0.25) is 5.91 Å². The first-order chi connectivity index (χ1) is 13.6. The minimum atomic E-state index is -0.172. The molecule has 0 aromatic carbocycles. The number of aromatic nitrogens is 2. The summed E-state index contributed by atoms with van der Waals surface area (Å²) in [5.41, 5.74) is 1.69. The molecular formula is C20H22N4O3S. The summed E-state index contributed by atoms with van der Waals surface area (Å²) in [5, 5.41) is 2.71. The summed E-state index contributed by atoms with van der Waals surface area (Å²) in [6.45, 7) is 1.77. The van der Waals surface area contributed by atoms with Gasteiger partial charge in [0.1, 0.15) is 5.69 Å². The number of fused-ring (bicyclic) bond motifs is 4. The van der Waals surface area contributed by atoms with Crippen molar-refractivity contribution in [3.05, 3.63) is 58.3 Å². The zero-order valence-electron chi connectivity index (χ0n) is 15.6. The molecule has 2 aliphatic heterocycles. The van der Waals surface area contributed by atoms with Crippen molar-refractivity contribution < 1.29 is 9.59 Å². The topological polar surface area (TPSA) is 84.3 Å². The molecule has 4 rings (SSSR count). The van der Waals surface area contributed by atoms with Gasteiger partial charge in [0.15, 0.2) is 0 Å². The highest BCUT2D eigenvalue weighted by Crippen LogP contribution is 2.35. The molecule has 8 heteroatoms. The van der Waals surface area contributed by atoms with Crippen LogP contribution in [0.2, 0.25) is 0 Å². The summed E-state index contributed by atoms with van der Waals surface area (Å²) in [6, 6.07) is 7.14. The fourth-order valence-electron chi connectivity index (χ4n) is 4.20. The lowest BCUT2D eigenvalue weighted by atomic mass is 9.83. The van der Waals surface area contributed by atoms with Crippen molar-refractivity contribution in [2.75, 3.05) is 30.4 Å². The lowest BCUT2D eigenvalue weighted by Crippen LogP contribution is -2.49. The number of anilines is 1. The number of thioether (sulfide) groups is 1. The molecule has 0 saturated carbocycles. The number of pyridine rings is 2. The maximum atomic E-state index is 12.9. The van der Waals surface area contributed by atoms with Gasteiger partial charge in [-0.05, 0) is 42.9 Å². The van der Waals surface area contributed by atoms with E-state index in [9.17, 15) is 14.4 Å². The van der Waals surface area contributed by atoms with Gasteiger partial charge in [-0.1, -0.05) is 0 Å². The molecule has 2 aromatic heterocycles. The number of hydrogen-bond acceptors (Lipinski definition) is 5. The lowest BCUT2D eigenvalue weighted by molar-refractivity contribution is -0.113. The van der Waals surface area contributed by atoms with Gasteiger partial charge in [-0.15, -0.1) is 0 Å². The molecule has 0 spiro atoms. The molecule has 146 valence electrons. The first kappa shape index (κ1) is 18.7. The minimum Gasteiger partial charge on any atom is -0.338 e. The highest BCUT2D eigenvalue weighted by atomic mass is 32.2. The van der Waals surface area contributed by atoms with Gasteiger partial charge in [-0.2, -0.15) is 11.8 Å². The van der Waals surface area contributed by atoms with Gasteiger partial charge in [0, 0.05) is 43.6 Å². The Bertz CT molecular complexity index is 960. The molecule has 1 saturated heterocycles. The molecule has 28 heavy (non-hydrogen) atoms. The van der Waals surface area contributed by atoms with Crippen LogP contribution in [0.25, 0.3) is 0 Å². The molecule has 0 unspecified atom stereocenters. The largest absolute Gasteiger partial charge is 0.338 e. The Labute approximate surface area is 167 Å². The minimum absolute atomic E-state index is 0.0143. The normalized spacial score (nSPS) is 20.4. The zero-order valence-corrected chi connectivity index (χ0v) is 16.4. The van der Waals surface area contributed by atoms with E-state index in [0.29, 0.717) is 36.6 Å². The van der Waals surface area contributed by atoms with Crippen molar-refractivity contribution in [1.29, 1.82) is 0 Å². The van der Waals surface area contributed by atoms with Gasteiger partial charge >= 0.3 is 0 Å². The van der Waals surface area contributed by atoms with Gasteiger partial charge in [-0.3, -0.25) is 19.4 Å². The van der Waals surface area contributed by atoms with Crippen molar-refractivity contribution >= 4 is 29.3 Å². The molecule has 7 nitrogen and oxygen atoms in total. The van der Waals surface area contributed by atoms with Crippen LogP contribution in [0.15, 0.2) is 41.5 Å². The van der Waals surface area contributed by atoms with E-state index in [0.717, 1.165) is 12.1 Å². The highest BCUT2D eigenvalue weighted by molar-refractivity contribution is 7.99. The molecular weight excluding hydrogens is 376 g/mol. The van der Waals surface area contributed by atoms with Crippen LogP contribution in [-0.2, 0) is 11.3 Å². The first-order valence-electron chi connectivity index (χ1n) is 9.28. The number of hydrogen-bond donors (Lipinski definition) is 1. The monoisotopic (exact) mass is 398 g/mol. The molecule has 1 fully saturated rings. The Morgan fingerprint density at radius 2 is 2.11 bits per heavy atom. The summed E-state index contributed by atoms with van der Waals surface area (Å²) < 4.78 is 1.78. The summed E-state index contributed by atoms with van der Waals surface area (Å²) in [7, 11) is 0. The van der Waals surface area contributed by atoms with E-state index >= 15 is 0 Å². The van der Waals surface area contributed by atoms with E-state index in [1.54, 1.807) is 35.2 Å². The van der Waals surface area contributed by atoms with E-state index in [1.807, 2.05) is 17.2 Å². The maximum Gasteiger partial charge on any atom is 0.274 e. The van der Waals surface area contributed by atoms with Gasteiger partial charge in [0.25, 0.3) is 11.5 Å². The predicted molar refractivity (Wildman–Crippen MR) is 109 cm³/mol. The quantitative estimate of drug-likeness (QED) is 0.849. The van der Waals surface area contributed by atoms with E-state index in [2.05, 4.69) is 10.3 Å². The number of carbonyl (C=O) groups is 2. The average Bonchev–Trinajstić information content (AvgIpc) is 2.70.